The van der Waals surface area contributed by atoms with E-state index in [9.17, 15) is 13.2 Å². The second kappa shape index (κ2) is 7.11. The van der Waals surface area contributed by atoms with E-state index in [0.717, 1.165) is 5.56 Å². The van der Waals surface area contributed by atoms with Crippen molar-refractivity contribution in [2.45, 2.75) is 17.7 Å². The predicted octanol–water partition coefficient (Wildman–Crippen LogP) is 2.67. The molecule has 0 aliphatic rings. The van der Waals surface area contributed by atoms with E-state index in [-0.39, 0.29) is 17.7 Å². The highest BCUT2D eigenvalue weighted by molar-refractivity contribution is 7.89. The van der Waals surface area contributed by atoms with E-state index < -0.39 is 16.0 Å². The lowest BCUT2D eigenvalue weighted by molar-refractivity contribution is -0.137. The number of hydrogen-bond acceptors (Lipinski definition) is 5. The maximum Gasteiger partial charge on any atom is 0.303 e. The van der Waals surface area contributed by atoms with Crippen molar-refractivity contribution in [3.8, 4) is 22.6 Å². The highest BCUT2D eigenvalue weighted by atomic mass is 32.2. The molecule has 1 aromatic heterocycles. The van der Waals surface area contributed by atoms with Crippen LogP contribution in [0.25, 0.3) is 22.6 Å². The summed E-state index contributed by atoms with van der Waals surface area (Å²) in [5, 5.41) is 14.0. The van der Waals surface area contributed by atoms with Crippen LogP contribution in [0.3, 0.4) is 0 Å². The van der Waals surface area contributed by atoms with Gasteiger partial charge in [-0.3, -0.25) is 4.79 Å². The number of nitrogens with zero attached hydrogens (tertiary/aromatic N) is 1. The smallest absolute Gasteiger partial charge is 0.303 e. The van der Waals surface area contributed by atoms with Gasteiger partial charge in [-0.2, -0.15) is 0 Å². The van der Waals surface area contributed by atoms with Gasteiger partial charge in [0.25, 0.3) is 0 Å². The Labute approximate surface area is 150 Å². The van der Waals surface area contributed by atoms with Crippen molar-refractivity contribution in [1.82, 2.24) is 4.98 Å². The zero-order chi connectivity index (χ0) is 18.7. The van der Waals surface area contributed by atoms with Gasteiger partial charge in [0, 0.05) is 17.5 Å². The van der Waals surface area contributed by atoms with E-state index in [2.05, 4.69) is 4.98 Å². The number of sulfonamides is 1. The second-order valence-electron chi connectivity index (χ2n) is 5.61. The first-order chi connectivity index (χ1) is 12.3. The Kier molecular flexibility index (Phi) is 4.88. The van der Waals surface area contributed by atoms with E-state index in [0.29, 0.717) is 22.9 Å². The highest BCUT2D eigenvalue weighted by Gasteiger charge is 2.18. The summed E-state index contributed by atoms with van der Waals surface area (Å²) in [6.07, 6.45) is 0.0585. The highest BCUT2D eigenvalue weighted by Crippen LogP contribution is 2.33. The minimum absolute atomic E-state index is 0.00268. The Hall–Kier alpha value is -2.97. The lowest BCUT2D eigenvalue weighted by atomic mass is 10.1. The third kappa shape index (κ3) is 3.98. The fraction of sp³-hybridized carbons (Fsp3) is 0.111. The third-order valence-electron chi connectivity index (χ3n) is 3.72. The Morgan fingerprint density at radius 2 is 1.69 bits per heavy atom. The van der Waals surface area contributed by atoms with Gasteiger partial charge in [0.1, 0.15) is 5.69 Å². The molecule has 0 aliphatic heterocycles. The van der Waals surface area contributed by atoms with Crippen molar-refractivity contribution in [2.75, 3.05) is 0 Å². The number of hydrogen-bond donors (Lipinski definition) is 2. The molecule has 8 heteroatoms. The minimum atomic E-state index is -3.79. The van der Waals surface area contributed by atoms with E-state index >= 15 is 0 Å². The molecule has 3 N–H and O–H groups in total. The van der Waals surface area contributed by atoms with Gasteiger partial charge in [-0.25, -0.2) is 18.5 Å². The van der Waals surface area contributed by atoms with Crippen molar-refractivity contribution in [1.29, 1.82) is 0 Å². The summed E-state index contributed by atoms with van der Waals surface area (Å²) in [5.74, 6) is -0.144. The number of nitrogens with two attached hydrogens (primary N) is 1. The van der Waals surface area contributed by atoms with Gasteiger partial charge in [0.2, 0.25) is 10.0 Å². The molecule has 0 saturated carbocycles. The largest absolute Gasteiger partial charge is 0.481 e. The molecule has 3 rings (SSSR count). The summed E-state index contributed by atoms with van der Waals surface area (Å²) in [6.45, 7) is 0. The van der Waals surface area contributed by atoms with Gasteiger partial charge in [0.05, 0.1) is 11.3 Å². The molecule has 0 fully saturated rings. The number of carboxylic acids is 1. The fourth-order valence-electron chi connectivity index (χ4n) is 2.47. The lowest BCUT2D eigenvalue weighted by Gasteiger charge is -2.03. The number of carboxylic acid groups (broad SMARTS) is 1. The molecule has 0 atom stereocenters. The molecule has 0 saturated heterocycles. The second-order valence-corrected chi connectivity index (χ2v) is 7.18. The molecule has 0 amide bonds. The molecule has 2 aromatic carbocycles. The van der Waals surface area contributed by atoms with Crippen LogP contribution in [0.15, 0.2) is 63.9 Å². The molecule has 0 aliphatic carbocycles. The van der Waals surface area contributed by atoms with Gasteiger partial charge >= 0.3 is 5.97 Å². The van der Waals surface area contributed by atoms with Crippen molar-refractivity contribution in [3.05, 3.63) is 60.5 Å². The molecule has 7 nitrogen and oxygen atoms in total. The van der Waals surface area contributed by atoms with Gasteiger partial charge in [-0.1, -0.05) is 42.5 Å². The quantitative estimate of drug-likeness (QED) is 0.685. The Balaban J connectivity index is 2.05. The summed E-state index contributed by atoms with van der Waals surface area (Å²) < 4.78 is 28.6. The maximum atomic E-state index is 11.4. The Morgan fingerprint density at radius 1 is 1.04 bits per heavy atom. The summed E-state index contributed by atoms with van der Waals surface area (Å²) in [7, 11) is -3.79. The molecule has 134 valence electrons. The molecule has 0 unspecified atom stereocenters. The van der Waals surface area contributed by atoms with Crippen molar-refractivity contribution < 1.29 is 22.7 Å². The number of aliphatic carboxylic acids is 1. The first-order valence-corrected chi connectivity index (χ1v) is 9.29. The molecule has 0 spiro atoms. The number of primary sulfonamides is 1. The molecule has 26 heavy (non-hydrogen) atoms. The van der Waals surface area contributed by atoms with Crippen molar-refractivity contribution in [2.24, 2.45) is 5.14 Å². The van der Waals surface area contributed by atoms with Crippen molar-refractivity contribution in [3.63, 3.8) is 0 Å². The van der Waals surface area contributed by atoms with E-state index in [1.807, 2.05) is 30.3 Å². The lowest BCUT2D eigenvalue weighted by Crippen LogP contribution is -2.11. The van der Waals surface area contributed by atoms with Gasteiger partial charge < -0.3 is 9.52 Å². The Bertz CT molecular complexity index is 1030. The van der Waals surface area contributed by atoms with Crippen LogP contribution >= 0.6 is 0 Å². The van der Waals surface area contributed by atoms with Gasteiger partial charge in [-0.05, 0) is 12.1 Å². The number of carbonyl (C=O) groups is 1. The topological polar surface area (TPSA) is 123 Å². The summed E-state index contributed by atoms with van der Waals surface area (Å²) >= 11 is 0. The maximum absolute atomic E-state index is 11.4. The average Bonchev–Trinajstić information content (AvgIpc) is 3.04. The molecular weight excluding hydrogens is 356 g/mol. The first kappa shape index (κ1) is 17.8. The zero-order valence-electron chi connectivity index (χ0n) is 13.6. The standard InChI is InChI=1S/C18H16N2O5S/c19-26(23,24)14-8-6-12(7-9-14)17-18(13-4-2-1-3-5-13)25-15(20-17)10-11-16(21)22/h1-9H,10-11H2,(H,21,22)(H2,19,23,24). The Morgan fingerprint density at radius 3 is 2.27 bits per heavy atom. The number of oxazole rings is 1. The molecular formula is C18H16N2O5S. The molecule has 3 aromatic rings. The zero-order valence-corrected chi connectivity index (χ0v) is 14.4. The van der Waals surface area contributed by atoms with E-state index in [1.165, 1.54) is 12.1 Å². The van der Waals surface area contributed by atoms with Crippen LogP contribution in [-0.4, -0.2) is 24.5 Å². The van der Waals surface area contributed by atoms with Crippen LogP contribution in [0.1, 0.15) is 12.3 Å². The van der Waals surface area contributed by atoms with Crippen LogP contribution in [0.4, 0.5) is 0 Å². The monoisotopic (exact) mass is 372 g/mol. The van der Waals surface area contributed by atoms with Crippen LogP contribution in [0.5, 0.6) is 0 Å². The number of aryl methyl sites for hydroxylation is 1. The van der Waals surface area contributed by atoms with E-state index in [1.54, 1.807) is 12.1 Å². The summed E-state index contributed by atoms with van der Waals surface area (Å²) in [4.78, 5) is 15.2. The SMILES string of the molecule is NS(=O)(=O)c1ccc(-c2nc(CCC(=O)O)oc2-c2ccccc2)cc1. The molecule has 0 radical (unpaired) electrons. The molecule has 1 heterocycles. The normalized spacial score (nSPS) is 11.4. The number of benzene rings is 2. The van der Waals surface area contributed by atoms with Crippen LogP contribution in [0.2, 0.25) is 0 Å². The third-order valence-corrected chi connectivity index (χ3v) is 4.65. The number of aromatic nitrogens is 1. The van der Waals surface area contributed by atoms with Crippen LogP contribution < -0.4 is 5.14 Å². The average molecular weight is 372 g/mol. The van der Waals surface area contributed by atoms with E-state index in [4.69, 9.17) is 14.7 Å². The summed E-state index contributed by atoms with van der Waals surface area (Å²) in [5.41, 5.74) is 1.94. The summed E-state index contributed by atoms with van der Waals surface area (Å²) in [6, 6.07) is 15.2. The van der Waals surface area contributed by atoms with Crippen LogP contribution in [-0.2, 0) is 21.2 Å². The fourth-order valence-corrected chi connectivity index (χ4v) is 2.98. The van der Waals surface area contributed by atoms with Crippen molar-refractivity contribution >= 4 is 16.0 Å². The minimum Gasteiger partial charge on any atom is -0.481 e. The number of rotatable bonds is 6. The first-order valence-electron chi connectivity index (χ1n) is 7.75. The molecule has 0 bridgehead atoms. The van der Waals surface area contributed by atoms with Gasteiger partial charge in [-0.15, -0.1) is 0 Å². The van der Waals surface area contributed by atoms with Gasteiger partial charge in [0.15, 0.2) is 11.7 Å². The van der Waals surface area contributed by atoms with Crippen LogP contribution in [0, 0.1) is 0 Å². The predicted molar refractivity (Wildman–Crippen MR) is 94.7 cm³/mol.